The SMILES string of the molecule is CC/C(N)=C(O)\C=C/CN=Nc1ccc(OCCO)cc1. The van der Waals surface area contributed by atoms with Crippen LogP contribution in [0.3, 0.4) is 0 Å². The number of hydrogen-bond donors (Lipinski definition) is 3. The number of aliphatic hydroxyl groups is 2. The summed E-state index contributed by atoms with van der Waals surface area (Å²) >= 11 is 0. The first-order valence-corrected chi connectivity index (χ1v) is 6.72. The lowest BCUT2D eigenvalue weighted by atomic mass is 10.3. The van der Waals surface area contributed by atoms with Crippen molar-refractivity contribution >= 4 is 5.69 Å². The molecule has 0 aliphatic rings. The van der Waals surface area contributed by atoms with Crippen molar-refractivity contribution in [3.63, 3.8) is 0 Å². The Kier molecular flexibility index (Phi) is 7.60. The summed E-state index contributed by atoms with van der Waals surface area (Å²) < 4.78 is 5.23. The molecule has 4 N–H and O–H groups in total. The first kappa shape index (κ1) is 16.7. The second kappa shape index (κ2) is 9.55. The zero-order chi connectivity index (χ0) is 15.5. The zero-order valence-corrected chi connectivity index (χ0v) is 12.1. The van der Waals surface area contributed by atoms with Crippen LogP contribution in [0.4, 0.5) is 5.69 Å². The van der Waals surface area contributed by atoms with Gasteiger partial charge in [-0.25, -0.2) is 0 Å². The maximum Gasteiger partial charge on any atom is 0.133 e. The fourth-order valence-electron chi connectivity index (χ4n) is 1.39. The van der Waals surface area contributed by atoms with E-state index in [9.17, 15) is 5.11 Å². The van der Waals surface area contributed by atoms with Gasteiger partial charge in [-0.1, -0.05) is 13.0 Å². The van der Waals surface area contributed by atoms with Crippen molar-refractivity contribution in [3.8, 4) is 5.75 Å². The number of ether oxygens (including phenoxy) is 1. The van der Waals surface area contributed by atoms with E-state index < -0.39 is 0 Å². The summed E-state index contributed by atoms with van der Waals surface area (Å²) in [4.78, 5) is 0. The highest BCUT2D eigenvalue weighted by Crippen LogP contribution is 2.18. The summed E-state index contributed by atoms with van der Waals surface area (Å²) in [5, 5.41) is 26.1. The summed E-state index contributed by atoms with van der Waals surface area (Å²) in [5.74, 6) is 0.742. The topological polar surface area (TPSA) is 100 Å². The van der Waals surface area contributed by atoms with Crippen LogP contribution in [-0.4, -0.2) is 30.0 Å². The summed E-state index contributed by atoms with van der Waals surface area (Å²) in [7, 11) is 0. The first-order valence-electron chi connectivity index (χ1n) is 6.72. The molecule has 0 atom stereocenters. The van der Waals surface area contributed by atoms with E-state index in [1.54, 1.807) is 30.3 Å². The van der Waals surface area contributed by atoms with Gasteiger partial charge in [0.05, 0.1) is 24.5 Å². The van der Waals surface area contributed by atoms with E-state index in [0.29, 0.717) is 30.1 Å². The van der Waals surface area contributed by atoms with Crippen LogP contribution in [0.5, 0.6) is 5.75 Å². The Morgan fingerprint density at radius 1 is 1.33 bits per heavy atom. The average molecular weight is 291 g/mol. The maximum atomic E-state index is 9.50. The van der Waals surface area contributed by atoms with Crippen molar-refractivity contribution in [2.45, 2.75) is 13.3 Å². The Labute approximate surface area is 124 Å². The van der Waals surface area contributed by atoms with Crippen molar-refractivity contribution in [1.82, 2.24) is 0 Å². The van der Waals surface area contributed by atoms with Crippen LogP contribution in [0, 0.1) is 0 Å². The molecule has 0 aromatic heterocycles. The highest BCUT2D eigenvalue weighted by molar-refractivity contribution is 5.40. The molecule has 0 spiro atoms. The highest BCUT2D eigenvalue weighted by Gasteiger charge is 1.94. The fraction of sp³-hybridized carbons (Fsp3) is 0.333. The van der Waals surface area contributed by atoms with Crippen molar-refractivity contribution in [2.24, 2.45) is 16.0 Å². The van der Waals surface area contributed by atoms with Gasteiger partial charge >= 0.3 is 0 Å². The molecule has 114 valence electrons. The Bertz CT molecular complexity index is 507. The molecule has 21 heavy (non-hydrogen) atoms. The third-order valence-corrected chi connectivity index (χ3v) is 2.56. The highest BCUT2D eigenvalue weighted by atomic mass is 16.5. The van der Waals surface area contributed by atoms with E-state index in [2.05, 4.69) is 10.2 Å². The minimum absolute atomic E-state index is 0.0162. The number of nitrogens with zero attached hydrogens (tertiary/aromatic N) is 2. The van der Waals surface area contributed by atoms with Crippen LogP contribution in [0.25, 0.3) is 0 Å². The molecule has 0 aliphatic carbocycles. The lowest BCUT2D eigenvalue weighted by molar-refractivity contribution is 0.201. The van der Waals surface area contributed by atoms with Gasteiger partial charge in [-0.15, -0.1) is 0 Å². The summed E-state index contributed by atoms with van der Waals surface area (Å²) in [6.45, 7) is 2.47. The summed E-state index contributed by atoms with van der Waals surface area (Å²) in [6, 6.07) is 7.06. The first-order chi connectivity index (χ1) is 10.2. The molecule has 1 aromatic rings. The third-order valence-electron chi connectivity index (χ3n) is 2.56. The van der Waals surface area contributed by atoms with Gasteiger partial charge in [0.1, 0.15) is 18.1 Å². The van der Waals surface area contributed by atoms with Gasteiger partial charge in [0, 0.05) is 0 Å². The van der Waals surface area contributed by atoms with Crippen LogP contribution in [0.15, 0.2) is 58.1 Å². The number of allylic oxidation sites excluding steroid dienone is 2. The molecule has 0 bridgehead atoms. The van der Waals surface area contributed by atoms with E-state index in [4.69, 9.17) is 15.6 Å². The quantitative estimate of drug-likeness (QED) is 0.389. The van der Waals surface area contributed by atoms with E-state index in [1.165, 1.54) is 6.08 Å². The van der Waals surface area contributed by atoms with Gasteiger partial charge in [-0.05, 0) is 36.8 Å². The Balaban J connectivity index is 2.45. The molecule has 0 fully saturated rings. The lowest BCUT2D eigenvalue weighted by Crippen LogP contribution is -2.00. The second-order valence-corrected chi connectivity index (χ2v) is 4.16. The van der Waals surface area contributed by atoms with E-state index >= 15 is 0 Å². The molecule has 0 saturated carbocycles. The number of benzene rings is 1. The predicted molar refractivity (Wildman–Crippen MR) is 81.7 cm³/mol. The molecule has 0 heterocycles. The Morgan fingerprint density at radius 3 is 2.67 bits per heavy atom. The molecule has 0 saturated heterocycles. The normalized spacial score (nSPS) is 12.9. The third kappa shape index (κ3) is 6.58. The van der Waals surface area contributed by atoms with Crippen LogP contribution < -0.4 is 10.5 Å². The Morgan fingerprint density at radius 2 is 2.05 bits per heavy atom. The fourth-order valence-corrected chi connectivity index (χ4v) is 1.39. The van der Waals surface area contributed by atoms with Gasteiger partial charge in [0.15, 0.2) is 0 Å². The van der Waals surface area contributed by atoms with Gasteiger partial charge in [-0.3, -0.25) is 0 Å². The molecule has 0 unspecified atom stereocenters. The smallest absolute Gasteiger partial charge is 0.133 e. The lowest BCUT2D eigenvalue weighted by Gasteiger charge is -2.02. The largest absolute Gasteiger partial charge is 0.506 e. The average Bonchev–Trinajstić information content (AvgIpc) is 2.52. The minimum Gasteiger partial charge on any atom is -0.506 e. The van der Waals surface area contributed by atoms with E-state index in [0.717, 1.165) is 0 Å². The molecule has 0 radical (unpaired) electrons. The summed E-state index contributed by atoms with van der Waals surface area (Å²) in [5.41, 5.74) is 6.72. The molecule has 0 amide bonds. The minimum atomic E-state index is -0.0162. The Hall–Kier alpha value is -2.34. The van der Waals surface area contributed by atoms with Gasteiger partial charge in [0.2, 0.25) is 0 Å². The monoisotopic (exact) mass is 291 g/mol. The number of hydrogen-bond acceptors (Lipinski definition) is 6. The zero-order valence-electron chi connectivity index (χ0n) is 12.1. The van der Waals surface area contributed by atoms with E-state index in [-0.39, 0.29) is 19.0 Å². The van der Waals surface area contributed by atoms with Crippen molar-refractivity contribution < 1.29 is 14.9 Å². The standard InChI is InChI=1S/C15H21N3O3/c1-2-14(16)15(20)4-3-9-17-18-12-5-7-13(8-6-12)21-11-10-19/h3-8,19-20H,2,9-11,16H2,1H3/b4-3-,15-14-,18-17?. The molecular formula is C15H21N3O3. The van der Waals surface area contributed by atoms with Crippen LogP contribution in [0.1, 0.15) is 13.3 Å². The molecule has 1 aromatic carbocycles. The van der Waals surface area contributed by atoms with Crippen LogP contribution in [-0.2, 0) is 0 Å². The summed E-state index contributed by atoms with van der Waals surface area (Å²) in [6.07, 6.45) is 3.80. The number of aliphatic hydroxyl groups excluding tert-OH is 2. The predicted octanol–water partition coefficient (Wildman–Crippen LogP) is 2.84. The van der Waals surface area contributed by atoms with Crippen LogP contribution in [0.2, 0.25) is 0 Å². The van der Waals surface area contributed by atoms with Crippen LogP contribution >= 0.6 is 0 Å². The molecule has 6 nitrogen and oxygen atoms in total. The van der Waals surface area contributed by atoms with Gasteiger partial charge < -0.3 is 20.7 Å². The molecule has 0 aliphatic heterocycles. The molecule has 6 heteroatoms. The maximum absolute atomic E-state index is 9.50. The van der Waals surface area contributed by atoms with Crippen molar-refractivity contribution in [2.75, 3.05) is 19.8 Å². The van der Waals surface area contributed by atoms with Crippen molar-refractivity contribution in [3.05, 3.63) is 47.9 Å². The number of azo groups is 1. The van der Waals surface area contributed by atoms with Gasteiger partial charge in [0.25, 0.3) is 0 Å². The molecular weight excluding hydrogens is 270 g/mol. The second-order valence-electron chi connectivity index (χ2n) is 4.16. The van der Waals surface area contributed by atoms with Crippen molar-refractivity contribution in [1.29, 1.82) is 0 Å². The van der Waals surface area contributed by atoms with E-state index in [1.807, 2.05) is 6.92 Å². The molecule has 1 rings (SSSR count). The number of nitrogens with two attached hydrogens (primary N) is 1. The number of rotatable bonds is 8. The van der Waals surface area contributed by atoms with Gasteiger partial charge in [-0.2, -0.15) is 10.2 Å².